The summed E-state index contributed by atoms with van der Waals surface area (Å²) < 4.78 is 2.58. The van der Waals surface area contributed by atoms with Crippen molar-refractivity contribution in [3.63, 3.8) is 0 Å². The molecule has 1 aromatic heterocycles. The Labute approximate surface area is 311 Å². The summed E-state index contributed by atoms with van der Waals surface area (Å²) in [6.45, 7) is 14.0. The van der Waals surface area contributed by atoms with Crippen molar-refractivity contribution in [2.75, 3.05) is 6.54 Å². The van der Waals surface area contributed by atoms with E-state index >= 15 is 0 Å². The van der Waals surface area contributed by atoms with Gasteiger partial charge in [0.2, 0.25) is 0 Å². The van der Waals surface area contributed by atoms with Crippen LogP contribution in [0.25, 0.3) is 44.1 Å². The van der Waals surface area contributed by atoms with Crippen LogP contribution in [-0.4, -0.2) is 11.1 Å². The van der Waals surface area contributed by atoms with Gasteiger partial charge in [-0.05, 0) is 100 Å². The van der Waals surface area contributed by atoms with Gasteiger partial charge in [0.25, 0.3) is 0 Å². The molecule has 1 unspecified atom stereocenters. The number of nitrogens with two attached hydrogens (primary N) is 1. The number of benzene rings is 5. The monoisotopic (exact) mass is 685 g/mol. The topological polar surface area (TPSA) is 21.5 Å². The van der Waals surface area contributed by atoms with Gasteiger partial charge in [-0.3, -0.25) is 0 Å². The Morgan fingerprint density at radius 2 is 1.44 bits per heavy atom. The van der Waals surface area contributed by atoms with Gasteiger partial charge in [-0.2, -0.15) is 0 Å². The maximum Gasteiger partial charge on any atom is 0.137 e. The molecule has 0 aliphatic heterocycles. The summed E-state index contributed by atoms with van der Waals surface area (Å²) in [6.07, 6.45) is 17.7. The van der Waals surface area contributed by atoms with Gasteiger partial charge in [0, 0.05) is 33.6 Å². The summed E-state index contributed by atoms with van der Waals surface area (Å²) in [7, 11) is 0. The first-order valence-electron chi connectivity index (χ1n) is 19.9. The number of quaternary nitrogens is 1. The lowest BCUT2D eigenvalue weighted by Crippen LogP contribution is -2.78. The molecule has 52 heavy (non-hydrogen) atoms. The number of fused-ring (bicyclic) bond motifs is 1. The van der Waals surface area contributed by atoms with Crippen molar-refractivity contribution >= 4 is 49.8 Å². The largest absolute Gasteiger partial charge is 0.340 e. The fourth-order valence-electron chi connectivity index (χ4n) is 8.44. The van der Waals surface area contributed by atoms with E-state index in [0.29, 0.717) is 5.92 Å². The van der Waals surface area contributed by atoms with E-state index in [-0.39, 0.29) is 5.41 Å². The lowest BCUT2D eigenvalue weighted by Gasteiger charge is -2.37. The summed E-state index contributed by atoms with van der Waals surface area (Å²) >= 11 is 0. The van der Waals surface area contributed by atoms with Gasteiger partial charge in [-0.1, -0.05) is 157 Å². The van der Waals surface area contributed by atoms with Gasteiger partial charge in [0.15, 0.2) is 0 Å². The summed E-state index contributed by atoms with van der Waals surface area (Å²) in [5, 5.41) is 10.6. The number of rotatable bonds is 12. The summed E-state index contributed by atoms with van der Waals surface area (Å²) in [4.78, 5) is 0. The molecule has 1 aliphatic rings. The fraction of sp³-hybridized carbons (Fsp3) is 0.320. The summed E-state index contributed by atoms with van der Waals surface area (Å²) in [5.41, 5.74) is 9.95. The molecule has 1 heterocycles. The van der Waals surface area contributed by atoms with Crippen molar-refractivity contribution in [3.05, 3.63) is 149 Å². The zero-order valence-electron chi connectivity index (χ0n) is 32.1. The van der Waals surface area contributed by atoms with E-state index in [2.05, 4.69) is 172 Å². The van der Waals surface area contributed by atoms with Crippen LogP contribution in [0.5, 0.6) is 0 Å². The molecule has 0 radical (unpaired) electrons. The highest BCUT2D eigenvalue weighted by Crippen LogP contribution is 2.46. The summed E-state index contributed by atoms with van der Waals surface area (Å²) in [6, 6.07) is 38.4. The normalized spacial score (nSPS) is 16.8. The van der Waals surface area contributed by atoms with Crippen molar-refractivity contribution in [1.29, 1.82) is 0 Å². The molecule has 0 spiro atoms. The second-order valence-electron chi connectivity index (χ2n) is 16.0. The quantitative estimate of drug-likeness (QED) is 0.0978. The van der Waals surface area contributed by atoms with Crippen LogP contribution in [0.15, 0.2) is 133 Å². The first-order valence-corrected chi connectivity index (χ1v) is 19.9. The number of unbranched alkanes of at least 4 members (excludes halogenated alkanes) is 2. The second kappa shape index (κ2) is 15.9. The first kappa shape index (κ1) is 35.7. The number of nitrogens with zero attached hydrogens (tertiary/aromatic N) is 1. The van der Waals surface area contributed by atoms with E-state index in [0.717, 1.165) is 32.4 Å². The third-order valence-electron chi connectivity index (χ3n) is 11.4. The number of hydrogen-bond acceptors (Lipinski definition) is 0. The van der Waals surface area contributed by atoms with E-state index in [1.54, 1.807) is 0 Å². The molecule has 0 amide bonds. The van der Waals surface area contributed by atoms with Crippen molar-refractivity contribution in [2.45, 2.75) is 86.1 Å². The molecule has 1 atom stereocenters. The molecule has 0 bridgehead atoms. The number of hydrogen-bond donors (Lipinski definition) is 1. The molecule has 7 rings (SSSR count). The maximum atomic E-state index is 2.58. The number of allylic oxidation sites excluding steroid dienone is 6. The van der Waals surface area contributed by atoms with Gasteiger partial charge in [0.05, 0.1) is 6.54 Å². The van der Waals surface area contributed by atoms with Crippen LogP contribution in [0.4, 0.5) is 5.69 Å². The highest BCUT2D eigenvalue weighted by atomic mass is 15.0. The molecule has 2 N–H and O–H groups in total. The highest BCUT2D eigenvalue weighted by Gasteiger charge is 2.32. The van der Waals surface area contributed by atoms with Crippen LogP contribution in [0.1, 0.15) is 84.3 Å². The van der Waals surface area contributed by atoms with E-state index in [4.69, 9.17) is 0 Å². The Kier molecular flexibility index (Phi) is 10.9. The minimum Gasteiger partial charge on any atom is -0.340 e. The van der Waals surface area contributed by atoms with Crippen molar-refractivity contribution in [1.82, 2.24) is 4.57 Å². The smallest absolute Gasteiger partial charge is 0.137 e. The lowest BCUT2D eigenvalue weighted by atomic mass is 9.68. The maximum absolute atomic E-state index is 2.58. The zero-order chi connectivity index (χ0) is 36.1. The molecule has 1 aliphatic carbocycles. The average molecular weight is 686 g/mol. The van der Waals surface area contributed by atoms with Gasteiger partial charge < -0.3 is 9.88 Å². The Bertz CT molecular complexity index is 2290. The Morgan fingerprint density at radius 3 is 2.19 bits per heavy atom. The van der Waals surface area contributed by atoms with Crippen LogP contribution in [0.3, 0.4) is 0 Å². The molecule has 6 aromatic rings. The highest BCUT2D eigenvalue weighted by molar-refractivity contribution is 6.10. The fourth-order valence-corrected chi connectivity index (χ4v) is 8.44. The molecular weight excluding hydrogens is 629 g/mol. The second-order valence-corrected chi connectivity index (χ2v) is 16.0. The first-order chi connectivity index (χ1) is 25.4. The molecule has 2 nitrogen and oxygen atoms in total. The van der Waals surface area contributed by atoms with Gasteiger partial charge in [-0.15, -0.1) is 0 Å². The predicted octanol–water partition coefficient (Wildman–Crippen LogP) is 11.9. The van der Waals surface area contributed by atoms with Gasteiger partial charge >= 0.3 is 0 Å². The molecular formula is C50H57N2+. The minimum absolute atomic E-state index is 0.189. The predicted molar refractivity (Wildman–Crippen MR) is 226 cm³/mol. The van der Waals surface area contributed by atoms with Gasteiger partial charge in [-0.25, -0.2) is 0 Å². The van der Waals surface area contributed by atoms with Crippen LogP contribution in [0, 0.1) is 11.3 Å². The van der Waals surface area contributed by atoms with E-state index in [1.807, 2.05) is 0 Å². The van der Waals surface area contributed by atoms with Crippen LogP contribution in [-0.2, 0) is 13.0 Å². The van der Waals surface area contributed by atoms with Crippen LogP contribution in [0.2, 0.25) is 0 Å². The molecule has 0 saturated carbocycles. The van der Waals surface area contributed by atoms with Gasteiger partial charge in [0.1, 0.15) is 5.69 Å². The Hall–Kier alpha value is -4.66. The van der Waals surface area contributed by atoms with E-state index in [9.17, 15) is 0 Å². The van der Waals surface area contributed by atoms with Crippen molar-refractivity contribution in [2.24, 2.45) is 11.3 Å². The lowest BCUT2D eigenvalue weighted by molar-refractivity contribution is -0.570. The van der Waals surface area contributed by atoms with Crippen molar-refractivity contribution < 1.29 is 5.32 Å². The molecule has 5 aromatic carbocycles. The van der Waals surface area contributed by atoms with E-state index in [1.165, 1.54) is 97.0 Å². The summed E-state index contributed by atoms with van der Waals surface area (Å²) in [5.74, 6) is 0.544. The minimum atomic E-state index is 0.189. The molecule has 2 heteroatoms. The van der Waals surface area contributed by atoms with Crippen LogP contribution < -0.4 is 10.7 Å². The van der Waals surface area contributed by atoms with Crippen LogP contribution >= 0.6 is 0 Å². The zero-order valence-corrected chi connectivity index (χ0v) is 32.1. The SMILES string of the molecule is CCCC[NH2+]c1cccc2cccc(C/C=C/C3=C(c4ccccc4)C(=C/C=c4\c5cccc6cccc(c65)n4CCCC)/CC(C(C)(C)C)C3)c12. The Balaban J connectivity index is 1.36. The number of aryl methyl sites for hydroxylation is 1. The third kappa shape index (κ3) is 7.46. The van der Waals surface area contributed by atoms with Crippen molar-refractivity contribution in [3.8, 4) is 0 Å². The molecule has 0 fully saturated rings. The molecule has 266 valence electrons. The molecule has 0 saturated heterocycles. The average Bonchev–Trinajstić information content (AvgIpc) is 3.46. The third-order valence-corrected chi connectivity index (χ3v) is 11.4. The standard InChI is InChI=1S/C50H56N2/c1-6-8-32-51-44-28-16-24-38-21-13-20-37(48(38)44)22-14-26-40-34-42(50(3,4)5)35-41(47(40)36-18-11-10-12-19-36)30-31-45-43-27-15-23-39-25-17-29-46(49(39)43)52(45)33-9-7-2/h10-21,23-31,42,51H,6-9,22,32-35H2,1-5H3/p+1/b26-14+,41-30+,45-31+. The number of aromatic nitrogens is 1. The van der Waals surface area contributed by atoms with E-state index < -0.39 is 0 Å². The Morgan fingerprint density at radius 1 is 0.731 bits per heavy atom.